The molecule has 9 rings (SSSR count). The number of rotatable bonds is 5. The fraction of sp³-hybridized carbons (Fsp3) is 0.214. The first-order valence-electron chi connectivity index (χ1n) is 17.8. The molecule has 0 bridgehead atoms. The fourth-order valence-electron chi connectivity index (χ4n) is 8.28. The summed E-state index contributed by atoms with van der Waals surface area (Å²) in [4.78, 5) is 18.0. The van der Waals surface area contributed by atoms with Gasteiger partial charge in [0.25, 0.3) is 0 Å². The van der Waals surface area contributed by atoms with Crippen LogP contribution in [0.5, 0.6) is 23.0 Å². The van der Waals surface area contributed by atoms with Crippen LogP contribution in [0.1, 0.15) is 64.3 Å². The molecule has 286 valence electrons. The molecule has 0 fully saturated rings. The number of halogens is 6. The Bertz CT molecular complexity index is 2730. The topological polar surface area (TPSA) is 130 Å². The average molecular weight is 857 g/mol. The number of hydrogen-bond donors (Lipinski definition) is 4. The monoisotopic (exact) mass is 856 g/mol. The van der Waals surface area contributed by atoms with Gasteiger partial charge in [-0.15, -0.1) is 0 Å². The SMILES string of the molecule is CC1=NC2=[C](C1)[Y]=[C]1CC(c3cc(O)c(C4=Nc5cc(C(c6ccc7c(c6)N=C(c6cc(O)c(C)cc6O)C7)(C(F)(F)F)C(F)(F)F)ccc5C4)cc3O)=NC1=C2. The van der Waals surface area contributed by atoms with E-state index in [2.05, 4.69) is 15.0 Å². The number of allylic oxidation sites excluding steroid dienone is 3. The van der Waals surface area contributed by atoms with Gasteiger partial charge >= 0.3 is 201 Å². The van der Waals surface area contributed by atoms with Gasteiger partial charge in [-0.25, -0.2) is 0 Å². The van der Waals surface area contributed by atoms with E-state index < -0.39 is 57.6 Å². The molecular formula is C42H29F6N4O4Y. The normalized spacial score (nSPS) is 17.2. The van der Waals surface area contributed by atoms with Crippen LogP contribution in [0.15, 0.2) is 100 Å². The van der Waals surface area contributed by atoms with Crippen LogP contribution in [0.25, 0.3) is 0 Å². The predicted octanol–water partition coefficient (Wildman–Crippen LogP) is 9.00. The molecule has 4 aromatic rings. The van der Waals surface area contributed by atoms with Gasteiger partial charge in [0.1, 0.15) is 11.5 Å². The predicted molar refractivity (Wildman–Crippen MR) is 199 cm³/mol. The van der Waals surface area contributed by atoms with Gasteiger partial charge in [-0.2, -0.15) is 26.3 Å². The third-order valence-corrected chi connectivity index (χ3v) is 15.3. The van der Waals surface area contributed by atoms with Gasteiger partial charge in [0.15, 0.2) is 0 Å². The summed E-state index contributed by atoms with van der Waals surface area (Å²) in [7, 11) is 0. The summed E-state index contributed by atoms with van der Waals surface area (Å²) in [5.41, 5.74) is -1.67. The Morgan fingerprint density at radius 3 is 1.58 bits per heavy atom. The molecule has 57 heavy (non-hydrogen) atoms. The second kappa shape index (κ2) is 12.9. The zero-order valence-electron chi connectivity index (χ0n) is 30.1. The minimum absolute atomic E-state index is 0.00133. The van der Waals surface area contributed by atoms with Crippen molar-refractivity contribution in [2.75, 3.05) is 0 Å². The van der Waals surface area contributed by atoms with Gasteiger partial charge < -0.3 is 10.2 Å². The molecule has 0 saturated heterocycles. The van der Waals surface area contributed by atoms with Crippen molar-refractivity contribution in [2.24, 2.45) is 20.0 Å². The van der Waals surface area contributed by atoms with Crippen molar-refractivity contribution in [3.63, 3.8) is 0 Å². The average Bonchev–Trinajstić information content (AvgIpc) is 3.92. The molecule has 4 N–H and O–H groups in total. The van der Waals surface area contributed by atoms with Crippen molar-refractivity contribution in [2.45, 2.75) is 57.3 Å². The molecule has 0 atom stereocenters. The molecule has 4 aromatic carbocycles. The van der Waals surface area contributed by atoms with Gasteiger partial charge in [0, 0.05) is 12.0 Å². The van der Waals surface area contributed by atoms with Gasteiger partial charge in [0.2, 0.25) is 5.41 Å². The zero-order valence-corrected chi connectivity index (χ0v) is 32.9. The Hall–Kier alpha value is -5.21. The molecule has 5 heterocycles. The number of hydrogen-bond acceptors (Lipinski definition) is 8. The minimum atomic E-state index is -5.88. The van der Waals surface area contributed by atoms with E-state index in [4.69, 9.17) is 4.99 Å². The molecule has 0 aromatic heterocycles. The van der Waals surface area contributed by atoms with E-state index in [1.807, 2.05) is 13.0 Å². The number of alkyl halides is 6. The van der Waals surface area contributed by atoms with Crippen molar-refractivity contribution in [1.29, 1.82) is 0 Å². The quantitative estimate of drug-likeness (QED) is 0.118. The van der Waals surface area contributed by atoms with Crippen LogP contribution in [-0.4, -0.2) is 57.9 Å². The Labute approximate surface area is 335 Å². The van der Waals surface area contributed by atoms with Gasteiger partial charge in [0.05, 0.1) is 11.4 Å². The summed E-state index contributed by atoms with van der Waals surface area (Å²) in [5, 5.41) is 43.0. The molecule has 0 saturated carbocycles. The summed E-state index contributed by atoms with van der Waals surface area (Å²) in [6.07, 6.45) is -8.43. The molecule has 0 amide bonds. The van der Waals surface area contributed by atoms with E-state index in [0.29, 0.717) is 34.4 Å². The first-order valence-corrected chi connectivity index (χ1v) is 20.7. The van der Waals surface area contributed by atoms with E-state index in [1.165, 1.54) is 28.9 Å². The summed E-state index contributed by atoms with van der Waals surface area (Å²) in [5.74, 6) is -0.891. The molecular weight excluding hydrogens is 827 g/mol. The molecule has 15 heteroatoms. The molecule has 8 nitrogen and oxygen atoms in total. The van der Waals surface area contributed by atoms with Crippen molar-refractivity contribution in [3.05, 3.63) is 125 Å². The van der Waals surface area contributed by atoms with Crippen LogP contribution in [0.2, 0.25) is 0 Å². The van der Waals surface area contributed by atoms with Gasteiger partial charge in [-0.05, 0) is 41.8 Å². The van der Waals surface area contributed by atoms with Gasteiger partial charge in [-0.3, -0.25) is 4.99 Å². The Morgan fingerprint density at radius 1 is 0.561 bits per heavy atom. The Kier molecular flexibility index (Phi) is 8.46. The molecule has 0 radical (unpaired) electrons. The molecule has 0 unspecified atom stereocenters. The van der Waals surface area contributed by atoms with Gasteiger partial charge in [-0.1, -0.05) is 12.1 Å². The van der Waals surface area contributed by atoms with E-state index in [1.54, 1.807) is 6.92 Å². The second-order valence-electron chi connectivity index (χ2n) is 14.8. The van der Waals surface area contributed by atoms with Crippen LogP contribution < -0.4 is 0 Å². The number of phenolic OH excluding ortho intramolecular Hbond substituents is 4. The number of aromatic hydroxyl groups is 4. The Balaban J connectivity index is 1.07. The number of aryl methyl sites for hydroxylation is 1. The standard InChI is InChI=1S/C42H29F6N4O4.Y/c1-20-11-37(54)29(17-36(20)53)34-12-22-4-6-24(14-32(22)51-34)40(41(43,44)45,42(46,47)48)25-7-5-23-13-35(52-33(23)15-25)30-19-38(55)28(18-39(30)56)31-10-9-27(50-31)16-26-8-3-21(2)49-26;/h4-7,11,14-19,53-56H,3,10,12-13H2,1-2H3;. The van der Waals surface area contributed by atoms with Crippen LogP contribution in [0, 0.1) is 6.92 Å². The maximum atomic E-state index is 15.3. The van der Waals surface area contributed by atoms with Crippen LogP contribution in [0.4, 0.5) is 37.7 Å². The van der Waals surface area contributed by atoms with Crippen molar-refractivity contribution < 1.29 is 75.5 Å². The number of benzene rings is 4. The summed E-state index contributed by atoms with van der Waals surface area (Å²) < 4.78 is 94.3. The Morgan fingerprint density at radius 2 is 1.05 bits per heavy atom. The second-order valence-corrected chi connectivity index (χ2v) is 18.9. The maximum absolute atomic E-state index is 15.3. The molecule has 0 spiro atoms. The van der Waals surface area contributed by atoms with Crippen LogP contribution in [0.3, 0.4) is 0 Å². The van der Waals surface area contributed by atoms with E-state index in [9.17, 15) is 20.4 Å². The van der Waals surface area contributed by atoms with Crippen molar-refractivity contribution in [3.8, 4) is 23.0 Å². The summed E-state index contributed by atoms with van der Waals surface area (Å²) in [6.45, 7) is 3.55. The summed E-state index contributed by atoms with van der Waals surface area (Å²) >= 11 is -1.31. The molecule has 0 aliphatic carbocycles. The third kappa shape index (κ3) is 5.93. The number of fused-ring (bicyclic) bond motifs is 3. The number of nitrogens with zero attached hydrogens (tertiary/aromatic N) is 4. The van der Waals surface area contributed by atoms with Crippen molar-refractivity contribution >= 4 is 36.5 Å². The fourth-order valence-corrected chi connectivity index (χ4v) is 12.5. The first kappa shape index (κ1) is 37.4. The first-order chi connectivity index (χ1) is 26.9. The van der Waals surface area contributed by atoms with E-state index in [0.717, 1.165) is 59.9 Å². The van der Waals surface area contributed by atoms with Crippen molar-refractivity contribution in [1.82, 2.24) is 0 Å². The van der Waals surface area contributed by atoms with Crippen LogP contribution >= 0.6 is 0 Å². The molecule has 5 aliphatic rings. The molecule has 5 aliphatic heterocycles. The van der Waals surface area contributed by atoms with Crippen LogP contribution in [-0.2, 0) is 46.9 Å². The zero-order chi connectivity index (χ0) is 40.3. The number of phenols is 4. The number of aliphatic imine (C=N–C) groups is 4. The van der Waals surface area contributed by atoms with E-state index >= 15 is 26.3 Å². The third-order valence-electron chi connectivity index (χ3n) is 11.1. The summed E-state index contributed by atoms with van der Waals surface area (Å²) in [6, 6.07) is 10.6. The van der Waals surface area contributed by atoms with E-state index in [-0.39, 0.29) is 69.8 Å².